The van der Waals surface area contributed by atoms with E-state index in [0.29, 0.717) is 6.42 Å². The lowest BCUT2D eigenvalue weighted by Gasteiger charge is -2.18. The van der Waals surface area contributed by atoms with Gasteiger partial charge >= 0.3 is 5.97 Å². The number of benzene rings is 1. The Labute approximate surface area is 141 Å². The van der Waals surface area contributed by atoms with Crippen LogP contribution < -0.4 is 5.32 Å². The molecule has 1 atom stereocenters. The van der Waals surface area contributed by atoms with Gasteiger partial charge in [0.25, 0.3) is 0 Å². The maximum absolute atomic E-state index is 12.5. The fraction of sp³-hybridized carbons (Fsp3) is 0.389. The van der Waals surface area contributed by atoms with E-state index in [9.17, 15) is 9.59 Å². The maximum Gasteiger partial charge on any atom is 0.303 e. The van der Waals surface area contributed by atoms with Gasteiger partial charge in [-0.05, 0) is 25.8 Å². The second-order valence-corrected chi connectivity index (χ2v) is 5.91. The molecule has 0 aliphatic carbocycles. The number of rotatable bonds is 7. The second kappa shape index (κ2) is 7.77. The summed E-state index contributed by atoms with van der Waals surface area (Å²) in [6.07, 6.45) is 0.600. The molecule has 1 amide bonds. The molecule has 1 aromatic carbocycles. The average Bonchev–Trinajstić information content (AvgIpc) is 2.78. The van der Waals surface area contributed by atoms with Crippen LogP contribution in [-0.4, -0.2) is 26.8 Å². The monoisotopic (exact) mass is 329 g/mol. The third-order valence-corrected chi connectivity index (χ3v) is 4.18. The van der Waals surface area contributed by atoms with Crippen molar-refractivity contribution in [2.75, 3.05) is 0 Å². The van der Waals surface area contributed by atoms with Gasteiger partial charge in [0.1, 0.15) is 0 Å². The number of nitrogens with zero attached hydrogens (tertiary/aromatic N) is 2. The van der Waals surface area contributed by atoms with Gasteiger partial charge in [-0.1, -0.05) is 30.3 Å². The molecule has 0 radical (unpaired) electrons. The van der Waals surface area contributed by atoms with E-state index in [1.165, 1.54) is 0 Å². The van der Waals surface area contributed by atoms with Gasteiger partial charge in [0.15, 0.2) is 0 Å². The Morgan fingerprint density at radius 3 is 2.46 bits per heavy atom. The Morgan fingerprint density at radius 1 is 1.25 bits per heavy atom. The molecule has 1 heterocycles. The van der Waals surface area contributed by atoms with Crippen molar-refractivity contribution in [3.05, 3.63) is 52.8 Å². The van der Waals surface area contributed by atoms with E-state index in [4.69, 9.17) is 5.11 Å². The van der Waals surface area contributed by atoms with Crippen molar-refractivity contribution in [2.24, 2.45) is 7.05 Å². The predicted octanol–water partition coefficient (Wildman–Crippen LogP) is 2.30. The summed E-state index contributed by atoms with van der Waals surface area (Å²) in [6.45, 7) is 3.82. The lowest BCUT2D eigenvalue weighted by Crippen LogP contribution is -2.30. The topological polar surface area (TPSA) is 84.2 Å². The van der Waals surface area contributed by atoms with Crippen molar-refractivity contribution in [1.29, 1.82) is 0 Å². The summed E-state index contributed by atoms with van der Waals surface area (Å²) in [5, 5.41) is 16.2. The highest BCUT2D eigenvalue weighted by Crippen LogP contribution is 2.19. The minimum atomic E-state index is -0.871. The molecule has 0 aliphatic rings. The molecular formula is C18H23N3O3. The van der Waals surface area contributed by atoms with Gasteiger partial charge in [0.2, 0.25) is 5.91 Å². The van der Waals surface area contributed by atoms with Crippen LogP contribution in [0.4, 0.5) is 0 Å². The maximum atomic E-state index is 12.5. The Morgan fingerprint density at radius 2 is 1.92 bits per heavy atom. The molecule has 6 heteroatoms. The van der Waals surface area contributed by atoms with Crippen molar-refractivity contribution in [2.45, 2.75) is 39.2 Å². The summed E-state index contributed by atoms with van der Waals surface area (Å²) in [6, 6.07) is 9.13. The van der Waals surface area contributed by atoms with E-state index < -0.39 is 5.97 Å². The van der Waals surface area contributed by atoms with E-state index in [0.717, 1.165) is 22.5 Å². The first kappa shape index (κ1) is 17.7. The first-order valence-electron chi connectivity index (χ1n) is 7.93. The van der Waals surface area contributed by atoms with E-state index in [1.807, 2.05) is 51.2 Å². The van der Waals surface area contributed by atoms with Crippen LogP contribution in [0.15, 0.2) is 30.3 Å². The number of hydrogen-bond donors (Lipinski definition) is 2. The van der Waals surface area contributed by atoms with Gasteiger partial charge < -0.3 is 10.4 Å². The van der Waals surface area contributed by atoms with Gasteiger partial charge in [-0.3, -0.25) is 14.3 Å². The fourth-order valence-corrected chi connectivity index (χ4v) is 2.75. The van der Waals surface area contributed by atoms with E-state index in [1.54, 1.807) is 4.68 Å². The SMILES string of the molecule is Cc1nn(C)c(C)c1CC(=O)N[C@@H](CCC(=O)O)c1ccccc1. The zero-order valence-corrected chi connectivity index (χ0v) is 14.2. The molecule has 24 heavy (non-hydrogen) atoms. The Bertz CT molecular complexity index is 723. The number of nitrogens with one attached hydrogen (secondary N) is 1. The summed E-state index contributed by atoms with van der Waals surface area (Å²) in [4.78, 5) is 23.3. The van der Waals surface area contributed by atoms with E-state index in [2.05, 4.69) is 10.4 Å². The van der Waals surface area contributed by atoms with Crippen molar-refractivity contribution < 1.29 is 14.7 Å². The number of amides is 1. The number of carbonyl (C=O) groups excluding carboxylic acids is 1. The lowest BCUT2D eigenvalue weighted by atomic mass is 10.0. The summed E-state index contributed by atoms with van der Waals surface area (Å²) in [5.41, 5.74) is 3.63. The molecule has 0 saturated heterocycles. The predicted molar refractivity (Wildman–Crippen MR) is 90.6 cm³/mol. The normalized spacial score (nSPS) is 12.0. The number of carboxylic acid groups (broad SMARTS) is 1. The van der Waals surface area contributed by atoms with Crippen LogP contribution in [0.25, 0.3) is 0 Å². The minimum absolute atomic E-state index is 0.00475. The zero-order valence-electron chi connectivity index (χ0n) is 14.2. The van der Waals surface area contributed by atoms with Crippen LogP contribution in [0.1, 0.15) is 41.4 Å². The quantitative estimate of drug-likeness (QED) is 0.816. The molecule has 0 unspecified atom stereocenters. The zero-order chi connectivity index (χ0) is 17.7. The Hall–Kier alpha value is -2.63. The van der Waals surface area contributed by atoms with Crippen LogP contribution in [0.5, 0.6) is 0 Å². The molecule has 2 rings (SSSR count). The van der Waals surface area contributed by atoms with Crippen LogP contribution in [-0.2, 0) is 23.1 Å². The molecule has 128 valence electrons. The summed E-state index contributed by atoms with van der Waals surface area (Å²) in [7, 11) is 1.85. The van der Waals surface area contributed by atoms with E-state index in [-0.39, 0.29) is 24.8 Å². The number of carboxylic acids is 1. The summed E-state index contributed by atoms with van der Waals surface area (Å²) in [5.74, 6) is -1.00. The fourth-order valence-electron chi connectivity index (χ4n) is 2.75. The van der Waals surface area contributed by atoms with Crippen LogP contribution in [0.2, 0.25) is 0 Å². The molecule has 0 spiro atoms. The Kier molecular flexibility index (Phi) is 5.73. The molecular weight excluding hydrogens is 306 g/mol. The number of hydrogen-bond acceptors (Lipinski definition) is 3. The van der Waals surface area contributed by atoms with Gasteiger partial charge in [0.05, 0.1) is 18.2 Å². The largest absolute Gasteiger partial charge is 0.481 e. The van der Waals surface area contributed by atoms with E-state index >= 15 is 0 Å². The molecule has 1 aromatic heterocycles. The smallest absolute Gasteiger partial charge is 0.303 e. The minimum Gasteiger partial charge on any atom is -0.481 e. The third-order valence-electron chi connectivity index (χ3n) is 4.18. The van der Waals surface area contributed by atoms with Crippen LogP contribution in [0.3, 0.4) is 0 Å². The summed E-state index contributed by atoms with van der Waals surface area (Å²) < 4.78 is 1.76. The highest BCUT2D eigenvalue weighted by molar-refractivity contribution is 5.79. The highest BCUT2D eigenvalue weighted by Gasteiger charge is 2.18. The molecule has 0 aliphatic heterocycles. The number of aliphatic carboxylic acids is 1. The van der Waals surface area contributed by atoms with Gasteiger partial charge in [-0.15, -0.1) is 0 Å². The number of aromatic nitrogens is 2. The molecule has 0 saturated carbocycles. The van der Waals surface area contributed by atoms with Crippen molar-refractivity contribution in [3.8, 4) is 0 Å². The molecule has 2 aromatic rings. The van der Waals surface area contributed by atoms with Crippen molar-refractivity contribution in [3.63, 3.8) is 0 Å². The van der Waals surface area contributed by atoms with Gasteiger partial charge in [-0.2, -0.15) is 5.10 Å². The van der Waals surface area contributed by atoms with Crippen LogP contribution >= 0.6 is 0 Å². The molecule has 2 N–H and O–H groups in total. The number of carbonyl (C=O) groups is 2. The third kappa shape index (κ3) is 4.44. The first-order valence-corrected chi connectivity index (χ1v) is 7.93. The first-order chi connectivity index (χ1) is 11.4. The molecule has 0 fully saturated rings. The molecule has 6 nitrogen and oxygen atoms in total. The Balaban J connectivity index is 2.10. The second-order valence-electron chi connectivity index (χ2n) is 5.91. The van der Waals surface area contributed by atoms with Gasteiger partial charge in [0, 0.05) is 24.7 Å². The average molecular weight is 329 g/mol. The standard InChI is InChI=1S/C18H23N3O3/c1-12-15(13(2)21(3)20-12)11-17(22)19-16(9-10-18(23)24)14-7-5-4-6-8-14/h4-8,16H,9-11H2,1-3H3,(H,19,22)(H,23,24)/t16-/m0/s1. The number of aryl methyl sites for hydroxylation is 2. The van der Waals surface area contributed by atoms with Crippen LogP contribution in [0, 0.1) is 13.8 Å². The summed E-state index contributed by atoms with van der Waals surface area (Å²) >= 11 is 0. The highest BCUT2D eigenvalue weighted by atomic mass is 16.4. The van der Waals surface area contributed by atoms with Crippen molar-refractivity contribution in [1.82, 2.24) is 15.1 Å². The lowest BCUT2D eigenvalue weighted by molar-refractivity contribution is -0.137. The van der Waals surface area contributed by atoms with Gasteiger partial charge in [-0.25, -0.2) is 0 Å². The van der Waals surface area contributed by atoms with Crippen molar-refractivity contribution >= 4 is 11.9 Å². The molecule has 0 bridgehead atoms.